The molecule has 0 saturated carbocycles. The van der Waals surface area contributed by atoms with Gasteiger partial charge in [-0.3, -0.25) is 4.79 Å². The summed E-state index contributed by atoms with van der Waals surface area (Å²) in [5.41, 5.74) is 3.02. The standard InChI is InChI=1S/C22H22Cl2N4OS/c1-15-3-5-16(6-4-15)13-20-25-22(30-26-20)28-10-2-9-27(11-12-28)21(29)17-7-8-18(23)19(24)14-17/h3-8,14H,2,9-13H2,1H3. The Bertz CT molecular complexity index is 1040. The first-order valence-electron chi connectivity index (χ1n) is 9.87. The number of hydrogen-bond donors (Lipinski definition) is 0. The van der Waals surface area contributed by atoms with Crippen molar-refractivity contribution in [2.45, 2.75) is 19.8 Å². The highest BCUT2D eigenvalue weighted by Crippen LogP contribution is 2.24. The van der Waals surface area contributed by atoms with E-state index in [0.29, 0.717) is 28.7 Å². The largest absolute Gasteiger partial charge is 0.345 e. The quantitative estimate of drug-likeness (QED) is 0.543. The molecule has 1 aliphatic heterocycles. The first-order valence-corrected chi connectivity index (χ1v) is 11.4. The summed E-state index contributed by atoms with van der Waals surface area (Å²) in [5, 5.41) is 1.77. The molecule has 8 heteroatoms. The Hall–Kier alpha value is -2.15. The van der Waals surface area contributed by atoms with E-state index in [1.54, 1.807) is 18.2 Å². The lowest BCUT2D eigenvalue weighted by atomic mass is 10.1. The van der Waals surface area contributed by atoms with Crippen LogP contribution in [-0.4, -0.2) is 46.3 Å². The predicted molar refractivity (Wildman–Crippen MR) is 123 cm³/mol. The number of nitrogens with zero attached hydrogens (tertiary/aromatic N) is 4. The van der Waals surface area contributed by atoms with Crippen LogP contribution in [0.1, 0.15) is 33.7 Å². The van der Waals surface area contributed by atoms with Gasteiger partial charge in [0.15, 0.2) is 0 Å². The highest BCUT2D eigenvalue weighted by molar-refractivity contribution is 7.09. The molecule has 2 heterocycles. The summed E-state index contributed by atoms with van der Waals surface area (Å²) in [7, 11) is 0. The minimum atomic E-state index is -0.0206. The summed E-state index contributed by atoms with van der Waals surface area (Å²) in [4.78, 5) is 21.7. The topological polar surface area (TPSA) is 49.3 Å². The third-order valence-corrected chi connectivity index (χ3v) is 6.71. The van der Waals surface area contributed by atoms with Gasteiger partial charge in [-0.2, -0.15) is 4.37 Å². The van der Waals surface area contributed by atoms with Gasteiger partial charge in [-0.1, -0.05) is 53.0 Å². The van der Waals surface area contributed by atoms with Gasteiger partial charge in [0, 0.05) is 49.7 Å². The van der Waals surface area contributed by atoms with Gasteiger partial charge in [-0.25, -0.2) is 4.98 Å². The first kappa shape index (κ1) is 21.1. The average molecular weight is 461 g/mol. The van der Waals surface area contributed by atoms with Gasteiger partial charge in [0.2, 0.25) is 5.13 Å². The Morgan fingerprint density at radius 1 is 1.03 bits per heavy atom. The van der Waals surface area contributed by atoms with Crippen LogP contribution in [0.4, 0.5) is 5.13 Å². The summed E-state index contributed by atoms with van der Waals surface area (Å²) in [6.45, 7) is 4.99. The summed E-state index contributed by atoms with van der Waals surface area (Å²) < 4.78 is 4.54. The number of hydrogen-bond acceptors (Lipinski definition) is 5. The van der Waals surface area contributed by atoms with E-state index in [1.165, 1.54) is 22.7 Å². The number of carbonyl (C=O) groups excluding carboxylic acids is 1. The smallest absolute Gasteiger partial charge is 0.253 e. The lowest BCUT2D eigenvalue weighted by Crippen LogP contribution is -2.35. The number of carbonyl (C=O) groups is 1. The summed E-state index contributed by atoms with van der Waals surface area (Å²) in [6, 6.07) is 13.5. The molecular formula is C22H22Cl2N4OS. The Morgan fingerprint density at radius 3 is 2.60 bits per heavy atom. The molecule has 2 aromatic carbocycles. The molecule has 1 saturated heterocycles. The number of rotatable bonds is 4. The maximum absolute atomic E-state index is 12.9. The van der Waals surface area contributed by atoms with Crippen molar-refractivity contribution >= 4 is 45.8 Å². The predicted octanol–water partition coefficient (Wildman–Crippen LogP) is 5.10. The van der Waals surface area contributed by atoms with Crippen LogP contribution < -0.4 is 4.90 Å². The lowest BCUT2D eigenvalue weighted by Gasteiger charge is -2.21. The highest BCUT2D eigenvalue weighted by atomic mass is 35.5. The number of amides is 1. The zero-order valence-electron chi connectivity index (χ0n) is 16.6. The van der Waals surface area contributed by atoms with Gasteiger partial charge in [-0.05, 0) is 37.1 Å². The molecule has 1 aromatic heterocycles. The van der Waals surface area contributed by atoms with Crippen molar-refractivity contribution in [1.82, 2.24) is 14.3 Å². The number of aromatic nitrogens is 2. The molecule has 0 atom stereocenters. The van der Waals surface area contributed by atoms with Crippen molar-refractivity contribution in [2.75, 3.05) is 31.1 Å². The third-order valence-electron chi connectivity index (χ3n) is 5.16. The summed E-state index contributed by atoms with van der Waals surface area (Å²) in [6.07, 6.45) is 1.60. The van der Waals surface area contributed by atoms with Gasteiger partial charge in [0.1, 0.15) is 5.82 Å². The lowest BCUT2D eigenvalue weighted by molar-refractivity contribution is 0.0767. The van der Waals surface area contributed by atoms with E-state index >= 15 is 0 Å². The van der Waals surface area contributed by atoms with Crippen LogP contribution in [0.15, 0.2) is 42.5 Å². The molecule has 1 amide bonds. The molecule has 0 bridgehead atoms. The Kier molecular flexibility index (Phi) is 6.56. The Morgan fingerprint density at radius 2 is 1.83 bits per heavy atom. The van der Waals surface area contributed by atoms with Crippen molar-refractivity contribution in [3.63, 3.8) is 0 Å². The number of halogens is 2. The molecule has 3 aromatic rings. The molecule has 4 rings (SSSR count). The minimum absolute atomic E-state index is 0.0206. The van der Waals surface area contributed by atoms with E-state index in [4.69, 9.17) is 28.2 Å². The minimum Gasteiger partial charge on any atom is -0.345 e. The fourth-order valence-corrected chi connectivity index (χ4v) is 4.49. The Balaban J connectivity index is 1.39. The van der Waals surface area contributed by atoms with E-state index in [2.05, 4.69) is 40.5 Å². The van der Waals surface area contributed by atoms with Crippen LogP contribution in [0.2, 0.25) is 10.0 Å². The van der Waals surface area contributed by atoms with Crippen molar-refractivity contribution in [3.8, 4) is 0 Å². The van der Waals surface area contributed by atoms with Crippen molar-refractivity contribution < 1.29 is 4.79 Å². The van der Waals surface area contributed by atoms with E-state index in [-0.39, 0.29) is 5.91 Å². The van der Waals surface area contributed by atoms with Crippen LogP contribution in [-0.2, 0) is 6.42 Å². The molecule has 156 valence electrons. The van der Waals surface area contributed by atoms with Gasteiger partial charge < -0.3 is 9.80 Å². The van der Waals surface area contributed by atoms with Crippen LogP contribution in [0.25, 0.3) is 0 Å². The first-order chi connectivity index (χ1) is 14.5. The third kappa shape index (κ3) is 4.94. The molecule has 5 nitrogen and oxygen atoms in total. The van der Waals surface area contributed by atoms with E-state index < -0.39 is 0 Å². The van der Waals surface area contributed by atoms with E-state index in [9.17, 15) is 4.79 Å². The van der Waals surface area contributed by atoms with Gasteiger partial charge in [0.05, 0.1) is 10.0 Å². The van der Waals surface area contributed by atoms with Gasteiger partial charge in [0.25, 0.3) is 5.91 Å². The number of benzene rings is 2. The summed E-state index contributed by atoms with van der Waals surface area (Å²) >= 11 is 13.5. The zero-order chi connectivity index (χ0) is 21.1. The SMILES string of the molecule is Cc1ccc(Cc2nsc(N3CCCN(C(=O)c4ccc(Cl)c(Cl)c4)CC3)n2)cc1. The molecule has 0 radical (unpaired) electrons. The van der Waals surface area contributed by atoms with E-state index in [0.717, 1.165) is 36.9 Å². The molecule has 1 aliphatic rings. The normalized spacial score (nSPS) is 14.6. The van der Waals surface area contributed by atoms with E-state index in [1.807, 2.05) is 4.90 Å². The molecule has 1 fully saturated rings. The summed E-state index contributed by atoms with van der Waals surface area (Å²) in [5.74, 6) is 0.819. The fraction of sp³-hybridized carbons (Fsp3) is 0.318. The molecule has 0 unspecified atom stereocenters. The highest BCUT2D eigenvalue weighted by Gasteiger charge is 2.22. The monoisotopic (exact) mass is 460 g/mol. The Labute approximate surface area is 190 Å². The van der Waals surface area contributed by atoms with Gasteiger partial charge >= 0.3 is 0 Å². The second-order valence-corrected chi connectivity index (χ2v) is 8.96. The number of anilines is 1. The maximum Gasteiger partial charge on any atom is 0.253 e. The zero-order valence-corrected chi connectivity index (χ0v) is 19.0. The second kappa shape index (κ2) is 9.33. The van der Waals surface area contributed by atoms with Crippen molar-refractivity contribution in [1.29, 1.82) is 0 Å². The molecule has 30 heavy (non-hydrogen) atoms. The van der Waals surface area contributed by atoms with Crippen molar-refractivity contribution in [2.24, 2.45) is 0 Å². The molecule has 0 spiro atoms. The number of aryl methyl sites for hydroxylation is 1. The van der Waals surface area contributed by atoms with Crippen LogP contribution in [0.5, 0.6) is 0 Å². The second-order valence-electron chi connectivity index (χ2n) is 7.42. The average Bonchev–Trinajstić information content (AvgIpc) is 3.06. The molecular weight excluding hydrogens is 439 g/mol. The molecule has 0 aliphatic carbocycles. The van der Waals surface area contributed by atoms with Crippen LogP contribution >= 0.6 is 34.7 Å². The van der Waals surface area contributed by atoms with Crippen LogP contribution in [0.3, 0.4) is 0 Å². The van der Waals surface area contributed by atoms with Gasteiger partial charge in [-0.15, -0.1) is 0 Å². The fourth-order valence-electron chi connectivity index (χ4n) is 3.46. The molecule has 0 N–H and O–H groups in total. The van der Waals surface area contributed by atoms with Crippen molar-refractivity contribution in [3.05, 3.63) is 75.0 Å². The maximum atomic E-state index is 12.9. The van der Waals surface area contributed by atoms with Crippen LogP contribution in [0, 0.1) is 6.92 Å².